The van der Waals surface area contributed by atoms with Crippen molar-refractivity contribution in [3.63, 3.8) is 0 Å². The van der Waals surface area contributed by atoms with Crippen LogP contribution < -0.4 is 11.3 Å². The number of fused-ring (bicyclic) bond motifs is 1. The molecule has 2 aromatic heterocycles. The van der Waals surface area contributed by atoms with Crippen LogP contribution in [0.4, 0.5) is 5.95 Å². The molecule has 0 amide bonds. The fraction of sp³-hybridized carbons (Fsp3) is 0.588. The van der Waals surface area contributed by atoms with E-state index in [0.717, 1.165) is 12.2 Å². The minimum absolute atomic E-state index is 0.0669. The van der Waals surface area contributed by atoms with Crippen LogP contribution in [0.15, 0.2) is 11.1 Å². The summed E-state index contributed by atoms with van der Waals surface area (Å²) in [6, 6.07) is 0. The van der Waals surface area contributed by atoms with Crippen LogP contribution in [0.25, 0.3) is 11.2 Å². The molecule has 2 aromatic rings. The monoisotopic (exact) mass is 425 g/mol. The van der Waals surface area contributed by atoms with Gasteiger partial charge in [0.25, 0.3) is 5.56 Å². The van der Waals surface area contributed by atoms with E-state index in [-0.39, 0.29) is 17.1 Å². The maximum atomic E-state index is 12.1. The van der Waals surface area contributed by atoms with Gasteiger partial charge >= 0.3 is 11.9 Å². The number of rotatable bonds is 7. The van der Waals surface area contributed by atoms with E-state index in [1.54, 1.807) is 11.8 Å². The van der Waals surface area contributed by atoms with Crippen LogP contribution in [-0.4, -0.2) is 61.3 Å². The molecule has 3 N–H and O–H groups in total. The predicted octanol–water partition coefficient (Wildman–Crippen LogP) is 0.606. The Bertz CT molecular complexity index is 959. The molecule has 158 valence electrons. The lowest BCUT2D eigenvalue weighted by Gasteiger charge is -2.23. The third kappa shape index (κ3) is 4.53. The number of anilines is 1. The smallest absolute Gasteiger partial charge is 0.303 e. The zero-order valence-corrected chi connectivity index (χ0v) is 17.1. The van der Waals surface area contributed by atoms with E-state index in [1.165, 1.54) is 24.7 Å². The predicted molar refractivity (Wildman–Crippen MR) is 105 cm³/mol. The minimum atomic E-state index is -0.941. The zero-order chi connectivity index (χ0) is 21.1. The summed E-state index contributed by atoms with van der Waals surface area (Å²) in [4.78, 5) is 46.1. The molecule has 0 aromatic carbocycles. The van der Waals surface area contributed by atoms with Crippen molar-refractivity contribution in [3.05, 3.63) is 16.7 Å². The van der Waals surface area contributed by atoms with E-state index in [2.05, 4.69) is 21.9 Å². The molecule has 1 aliphatic rings. The standard InChI is InChI=1S/C17H23N5O6S/c1-4-5-29-6-10-12(26-8(2)23)13(27-9(3)24)16(28-10)22-7-19-11-14(22)20-17(18)21-15(11)25/h7,10,12-13,16H,4-6H2,1-3H3,(H3,18,20,21,25)/t10-,12-,13-,16-/m1/s1. The Hall–Kier alpha value is -2.60. The number of aromatic amines is 1. The van der Waals surface area contributed by atoms with E-state index in [1.807, 2.05) is 0 Å². The summed E-state index contributed by atoms with van der Waals surface area (Å²) in [6.07, 6.45) is -0.841. The number of nitrogens with one attached hydrogen (secondary N) is 1. The van der Waals surface area contributed by atoms with Crippen molar-refractivity contribution in [1.29, 1.82) is 0 Å². The lowest BCUT2D eigenvalue weighted by Crippen LogP contribution is -2.39. The Balaban J connectivity index is 2.02. The highest BCUT2D eigenvalue weighted by Gasteiger charge is 2.50. The van der Waals surface area contributed by atoms with Crippen LogP contribution in [-0.2, 0) is 23.8 Å². The summed E-state index contributed by atoms with van der Waals surface area (Å²) in [5, 5.41) is 0. The third-order valence-electron chi connectivity index (χ3n) is 4.24. The quantitative estimate of drug-likeness (QED) is 0.476. The van der Waals surface area contributed by atoms with Gasteiger partial charge in [-0.1, -0.05) is 6.92 Å². The number of nitrogens with two attached hydrogens (primary N) is 1. The molecule has 0 unspecified atom stereocenters. The highest BCUT2D eigenvalue weighted by Crippen LogP contribution is 2.36. The first kappa shape index (κ1) is 21.1. The number of thioether (sulfide) groups is 1. The molecular formula is C17H23N5O6S. The molecule has 1 fully saturated rings. The van der Waals surface area contributed by atoms with Gasteiger partial charge in [-0.3, -0.25) is 23.9 Å². The van der Waals surface area contributed by atoms with Gasteiger partial charge in [0.15, 0.2) is 29.6 Å². The number of nitrogen functional groups attached to an aromatic ring is 1. The van der Waals surface area contributed by atoms with Gasteiger partial charge in [-0.05, 0) is 12.2 Å². The van der Waals surface area contributed by atoms with Gasteiger partial charge in [-0.2, -0.15) is 16.7 Å². The molecule has 0 radical (unpaired) electrons. The molecule has 12 heteroatoms. The summed E-state index contributed by atoms with van der Waals surface area (Å²) in [5.74, 6) is 0.270. The fourth-order valence-corrected chi connectivity index (χ4v) is 4.15. The zero-order valence-electron chi connectivity index (χ0n) is 16.3. The minimum Gasteiger partial charge on any atom is -0.456 e. The van der Waals surface area contributed by atoms with Gasteiger partial charge in [0.05, 0.1) is 6.33 Å². The van der Waals surface area contributed by atoms with Crippen molar-refractivity contribution < 1.29 is 23.8 Å². The topological polar surface area (TPSA) is 151 Å². The number of carbonyl (C=O) groups is 2. The summed E-state index contributed by atoms with van der Waals surface area (Å²) < 4.78 is 18.5. The van der Waals surface area contributed by atoms with Crippen LogP contribution >= 0.6 is 11.8 Å². The van der Waals surface area contributed by atoms with E-state index >= 15 is 0 Å². The number of imidazole rings is 1. The molecule has 0 spiro atoms. The summed E-state index contributed by atoms with van der Waals surface area (Å²) >= 11 is 1.64. The van der Waals surface area contributed by atoms with Crippen molar-refractivity contribution >= 4 is 40.8 Å². The Morgan fingerprint density at radius 2 is 2.00 bits per heavy atom. The third-order valence-corrected chi connectivity index (χ3v) is 5.51. The lowest BCUT2D eigenvalue weighted by molar-refractivity contribution is -0.165. The molecule has 3 heterocycles. The van der Waals surface area contributed by atoms with Crippen molar-refractivity contribution in [3.8, 4) is 0 Å². The molecule has 1 aliphatic heterocycles. The Morgan fingerprint density at radius 1 is 1.31 bits per heavy atom. The molecule has 4 atom stereocenters. The number of H-pyrrole nitrogens is 1. The van der Waals surface area contributed by atoms with E-state index in [0.29, 0.717) is 5.75 Å². The molecule has 0 saturated carbocycles. The molecule has 11 nitrogen and oxygen atoms in total. The van der Waals surface area contributed by atoms with Gasteiger partial charge in [-0.15, -0.1) is 0 Å². The van der Waals surface area contributed by atoms with Crippen molar-refractivity contribution in [2.24, 2.45) is 0 Å². The first-order valence-corrected chi connectivity index (χ1v) is 10.3. The maximum Gasteiger partial charge on any atom is 0.303 e. The molecule has 0 aliphatic carbocycles. The second-order valence-corrected chi connectivity index (χ2v) is 7.71. The summed E-state index contributed by atoms with van der Waals surface area (Å²) in [7, 11) is 0. The van der Waals surface area contributed by atoms with Crippen LogP contribution in [0.1, 0.15) is 33.4 Å². The fourth-order valence-electron chi connectivity index (χ4n) is 3.19. The van der Waals surface area contributed by atoms with Crippen LogP contribution in [0, 0.1) is 0 Å². The van der Waals surface area contributed by atoms with Crippen molar-refractivity contribution in [2.45, 2.75) is 51.7 Å². The maximum absolute atomic E-state index is 12.1. The summed E-state index contributed by atoms with van der Waals surface area (Å²) in [6.45, 7) is 4.60. The lowest BCUT2D eigenvalue weighted by atomic mass is 10.1. The normalized spacial score (nSPS) is 24.0. The van der Waals surface area contributed by atoms with Gasteiger partial charge in [0.1, 0.15) is 6.10 Å². The number of ether oxygens (including phenoxy) is 3. The number of aromatic nitrogens is 4. The van der Waals surface area contributed by atoms with Crippen LogP contribution in [0.2, 0.25) is 0 Å². The van der Waals surface area contributed by atoms with E-state index in [4.69, 9.17) is 19.9 Å². The first-order valence-electron chi connectivity index (χ1n) is 9.11. The van der Waals surface area contributed by atoms with Crippen molar-refractivity contribution in [2.75, 3.05) is 17.2 Å². The number of esters is 2. The highest BCUT2D eigenvalue weighted by molar-refractivity contribution is 7.99. The highest BCUT2D eigenvalue weighted by atomic mass is 32.2. The first-order chi connectivity index (χ1) is 13.8. The number of nitrogens with zero attached hydrogens (tertiary/aromatic N) is 3. The van der Waals surface area contributed by atoms with Crippen molar-refractivity contribution in [1.82, 2.24) is 19.5 Å². The second kappa shape index (κ2) is 8.82. The van der Waals surface area contributed by atoms with Gasteiger partial charge < -0.3 is 19.9 Å². The van der Waals surface area contributed by atoms with E-state index < -0.39 is 42.0 Å². The second-order valence-electron chi connectivity index (χ2n) is 6.56. The SMILES string of the molecule is CCCSC[C@H]1O[C@@H](n2cnc3c(=O)[nH]c(N)nc32)[C@H](OC(C)=O)[C@@H]1OC(C)=O. The average molecular weight is 425 g/mol. The molecule has 1 saturated heterocycles. The molecule has 3 rings (SSSR count). The van der Waals surface area contributed by atoms with Crippen LogP contribution in [0.5, 0.6) is 0 Å². The number of hydrogen-bond donors (Lipinski definition) is 2. The van der Waals surface area contributed by atoms with E-state index in [9.17, 15) is 14.4 Å². The Labute approximate surface area is 170 Å². The molecule has 29 heavy (non-hydrogen) atoms. The average Bonchev–Trinajstić information content (AvgIpc) is 3.17. The van der Waals surface area contributed by atoms with Gasteiger partial charge in [0.2, 0.25) is 5.95 Å². The van der Waals surface area contributed by atoms with Crippen LogP contribution in [0.3, 0.4) is 0 Å². The Kier molecular flexibility index (Phi) is 6.42. The largest absolute Gasteiger partial charge is 0.456 e. The molecular weight excluding hydrogens is 402 g/mol. The van der Waals surface area contributed by atoms with Gasteiger partial charge in [-0.25, -0.2) is 4.98 Å². The number of hydrogen-bond acceptors (Lipinski definition) is 10. The van der Waals surface area contributed by atoms with Gasteiger partial charge in [0, 0.05) is 19.6 Å². The Morgan fingerprint density at radius 3 is 2.66 bits per heavy atom. The summed E-state index contributed by atoms with van der Waals surface area (Å²) in [5.41, 5.74) is 5.41. The molecule has 0 bridgehead atoms. The number of carbonyl (C=O) groups excluding carboxylic acids is 2.